The van der Waals surface area contributed by atoms with E-state index in [1.807, 2.05) is 6.07 Å². The molecule has 0 spiro atoms. The predicted molar refractivity (Wildman–Crippen MR) is 74.0 cm³/mol. The molecule has 6 nitrogen and oxygen atoms in total. The summed E-state index contributed by atoms with van der Waals surface area (Å²) in [4.78, 5) is 27.0. The molecule has 0 fully saturated rings. The van der Waals surface area contributed by atoms with Crippen LogP contribution in [0.4, 0.5) is 11.4 Å². The zero-order valence-electron chi connectivity index (χ0n) is 10.6. The second kappa shape index (κ2) is 6.33. The first kappa shape index (κ1) is 13.5. The molecule has 0 aliphatic rings. The highest BCUT2D eigenvalue weighted by Gasteiger charge is 2.11. The molecule has 0 atom stereocenters. The minimum atomic E-state index is -0.673. The predicted octanol–water partition coefficient (Wildman–Crippen LogP) is 1.46. The van der Waals surface area contributed by atoms with E-state index < -0.39 is 11.9 Å². The molecule has 0 unspecified atom stereocenters. The zero-order chi connectivity index (χ0) is 14.4. The first-order chi connectivity index (χ1) is 9.65. The summed E-state index contributed by atoms with van der Waals surface area (Å²) < 4.78 is 4.85. The van der Waals surface area contributed by atoms with Gasteiger partial charge in [-0.3, -0.25) is 4.79 Å². The summed E-state index contributed by atoms with van der Waals surface area (Å²) in [7, 11) is 0. The van der Waals surface area contributed by atoms with Crippen LogP contribution in [0.15, 0.2) is 48.7 Å². The maximum Gasteiger partial charge on any atom is 0.357 e. The Kier molecular flexibility index (Phi) is 4.28. The number of carbonyl (C=O) groups is 2. The number of nitrogens with zero attached hydrogens (tertiary/aromatic N) is 1. The molecule has 0 aliphatic heterocycles. The molecule has 1 aromatic heterocycles. The van der Waals surface area contributed by atoms with Gasteiger partial charge in [-0.25, -0.2) is 9.78 Å². The summed E-state index contributed by atoms with van der Waals surface area (Å²) >= 11 is 0. The number of amides is 1. The fourth-order valence-electron chi connectivity index (χ4n) is 1.45. The van der Waals surface area contributed by atoms with Crippen molar-refractivity contribution in [3.05, 3.63) is 54.4 Å². The standard InChI is InChI=1S/C14H13N3O3/c15-10-6-7-12(16-8-10)14(19)20-9-13(18)17-11-4-2-1-3-5-11/h1-8H,9,15H2,(H,17,18). The summed E-state index contributed by atoms with van der Waals surface area (Å²) in [5.41, 5.74) is 6.65. The Morgan fingerprint density at radius 2 is 1.90 bits per heavy atom. The normalized spacial score (nSPS) is 9.80. The van der Waals surface area contributed by atoms with Gasteiger partial charge in [0.15, 0.2) is 6.61 Å². The Bertz CT molecular complexity index is 597. The lowest BCUT2D eigenvalue weighted by molar-refractivity contribution is -0.119. The van der Waals surface area contributed by atoms with Gasteiger partial charge in [0.25, 0.3) is 5.91 Å². The van der Waals surface area contributed by atoms with Crippen molar-refractivity contribution in [2.24, 2.45) is 0 Å². The third kappa shape index (κ3) is 3.81. The summed E-state index contributed by atoms with van der Waals surface area (Å²) in [5.74, 6) is -1.09. The minimum Gasteiger partial charge on any atom is -0.451 e. The number of hydrogen-bond donors (Lipinski definition) is 2. The van der Waals surface area contributed by atoms with Gasteiger partial charge >= 0.3 is 5.97 Å². The van der Waals surface area contributed by atoms with E-state index in [0.717, 1.165) is 0 Å². The Balaban J connectivity index is 1.84. The Labute approximate surface area is 115 Å². The van der Waals surface area contributed by atoms with E-state index in [4.69, 9.17) is 10.5 Å². The van der Waals surface area contributed by atoms with Crippen LogP contribution in [0.3, 0.4) is 0 Å². The van der Waals surface area contributed by atoms with Crippen LogP contribution in [0.5, 0.6) is 0 Å². The first-order valence-corrected chi connectivity index (χ1v) is 5.89. The van der Waals surface area contributed by atoms with Gasteiger partial charge in [0.05, 0.1) is 11.9 Å². The van der Waals surface area contributed by atoms with Crippen molar-refractivity contribution in [2.75, 3.05) is 17.7 Å². The number of benzene rings is 1. The lowest BCUT2D eigenvalue weighted by atomic mass is 10.3. The SMILES string of the molecule is Nc1ccc(C(=O)OCC(=O)Nc2ccccc2)nc1. The van der Waals surface area contributed by atoms with Crippen LogP contribution in [-0.4, -0.2) is 23.5 Å². The van der Waals surface area contributed by atoms with Crippen LogP contribution < -0.4 is 11.1 Å². The quantitative estimate of drug-likeness (QED) is 0.821. The second-order valence-electron chi connectivity index (χ2n) is 3.97. The van der Waals surface area contributed by atoms with Gasteiger partial charge < -0.3 is 15.8 Å². The maximum absolute atomic E-state index is 11.6. The van der Waals surface area contributed by atoms with Gasteiger partial charge in [-0.15, -0.1) is 0 Å². The van der Waals surface area contributed by atoms with E-state index in [-0.39, 0.29) is 12.3 Å². The largest absolute Gasteiger partial charge is 0.451 e. The van der Waals surface area contributed by atoms with Gasteiger partial charge in [0, 0.05) is 5.69 Å². The number of nitrogens with one attached hydrogen (secondary N) is 1. The Morgan fingerprint density at radius 3 is 2.55 bits per heavy atom. The number of carbonyl (C=O) groups excluding carboxylic acids is 2. The van der Waals surface area contributed by atoms with Gasteiger partial charge in [-0.05, 0) is 24.3 Å². The number of rotatable bonds is 4. The van der Waals surface area contributed by atoms with Gasteiger partial charge in [-0.2, -0.15) is 0 Å². The van der Waals surface area contributed by atoms with E-state index in [1.54, 1.807) is 24.3 Å². The number of pyridine rings is 1. The van der Waals surface area contributed by atoms with E-state index in [9.17, 15) is 9.59 Å². The molecule has 0 saturated heterocycles. The fraction of sp³-hybridized carbons (Fsp3) is 0.0714. The molecular weight excluding hydrogens is 258 g/mol. The minimum absolute atomic E-state index is 0.103. The van der Waals surface area contributed by atoms with E-state index in [1.165, 1.54) is 18.3 Å². The molecule has 0 bridgehead atoms. The van der Waals surface area contributed by atoms with E-state index >= 15 is 0 Å². The summed E-state index contributed by atoms with van der Waals surface area (Å²) in [6.07, 6.45) is 1.35. The van der Waals surface area contributed by atoms with Crippen LogP contribution in [0.2, 0.25) is 0 Å². The first-order valence-electron chi connectivity index (χ1n) is 5.89. The molecule has 20 heavy (non-hydrogen) atoms. The molecule has 0 saturated carbocycles. The highest BCUT2D eigenvalue weighted by atomic mass is 16.5. The monoisotopic (exact) mass is 271 g/mol. The molecule has 6 heteroatoms. The smallest absolute Gasteiger partial charge is 0.357 e. The Morgan fingerprint density at radius 1 is 1.15 bits per heavy atom. The van der Waals surface area contributed by atoms with Crippen LogP contribution in [0.25, 0.3) is 0 Å². The molecule has 0 aliphatic carbocycles. The van der Waals surface area contributed by atoms with Crippen molar-refractivity contribution in [3.63, 3.8) is 0 Å². The number of para-hydroxylation sites is 1. The van der Waals surface area contributed by atoms with Crippen LogP contribution >= 0.6 is 0 Å². The molecular formula is C14H13N3O3. The molecule has 1 amide bonds. The van der Waals surface area contributed by atoms with Crippen molar-refractivity contribution >= 4 is 23.3 Å². The van der Waals surface area contributed by atoms with Crippen molar-refractivity contribution < 1.29 is 14.3 Å². The topological polar surface area (TPSA) is 94.3 Å². The van der Waals surface area contributed by atoms with Gasteiger partial charge in [0.1, 0.15) is 5.69 Å². The van der Waals surface area contributed by atoms with E-state index in [0.29, 0.717) is 11.4 Å². The zero-order valence-corrected chi connectivity index (χ0v) is 10.6. The summed E-state index contributed by atoms with van der Waals surface area (Å²) in [5, 5.41) is 2.60. The van der Waals surface area contributed by atoms with Crippen LogP contribution in [0.1, 0.15) is 10.5 Å². The second-order valence-corrected chi connectivity index (χ2v) is 3.97. The highest BCUT2D eigenvalue weighted by Crippen LogP contribution is 2.05. The fourth-order valence-corrected chi connectivity index (χ4v) is 1.45. The van der Waals surface area contributed by atoms with Crippen LogP contribution in [0, 0.1) is 0 Å². The number of esters is 1. The molecule has 102 valence electrons. The number of hydrogen-bond acceptors (Lipinski definition) is 5. The highest BCUT2D eigenvalue weighted by molar-refractivity contribution is 5.94. The average molecular weight is 271 g/mol. The lowest BCUT2D eigenvalue weighted by Gasteiger charge is -2.06. The van der Waals surface area contributed by atoms with Crippen molar-refractivity contribution in [3.8, 4) is 0 Å². The lowest BCUT2D eigenvalue weighted by Crippen LogP contribution is -2.21. The van der Waals surface area contributed by atoms with Crippen molar-refractivity contribution in [2.45, 2.75) is 0 Å². The third-order valence-corrected chi connectivity index (χ3v) is 2.39. The average Bonchev–Trinajstić information content (AvgIpc) is 2.46. The number of aromatic nitrogens is 1. The number of ether oxygens (including phenoxy) is 1. The molecule has 2 rings (SSSR count). The van der Waals surface area contributed by atoms with Crippen molar-refractivity contribution in [1.29, 1.82) is 0 Å². The molecule has 1 heterocycles. The number of nitrogens with two attached hydrogens (primary N) is 1. The summed E-state index contributed by atoms with van der Waals surface area (Å²) in [6, 6.07) is 11.9. The summed E-state index contributed by atoms with van der Waals surface area (Å²) in [6.45, 7) is -0.375. The van der Waals surface area contributed by atoms with E-state index in [2.05, 4.69) is 10.3 Å². The number of anilines is 2. The van der Waals surface area contributed by atoms with Crippen molar-refractivity contribution in [1.82, 2.24) is 4.98 Å². The molecule has 0 radical (unpaired) electrons. The van der Waals surface area contributed by atoms with Crippen LogP contribution in [-0.2, 0) is 9.53 Å². The van der Waals surface area contributed by atoms with Gasteiger partial charge in [0.2, 0.25) is 0 Å². The molecule has 3 N–H and O–H groups in total. The number of nitrogen functional groups attached to an aromatic ring is 1. The Hall–Kier alpha value is -2.89. The maximum atomic E-state index is 11.6. The third-order valence-electron chi connectivity index (χ3n) is 2.39. The molecule has 2 aromatic rings. The van der Waals surface area contributed by atoms with Gasteiger partial charge in [-0.1, -0.05) is 18.2 Å². The molecule has 1 aromatic carbocycles.